The van der Waals surface area contributed by atoms with E-state index in [4.69, 9.17) is 4.74 Å². The summed E-state index contributed by atoms with van der Waals surface area (Å²) in [5, 5.41) is 12.0. The molecular formula is C24H22FNO4. The highest BCUT2D eigenvalue weighted by molar-refractivity contribution is 5.85. The first-order chi connectivity index (χ1) is 14.5. The number of nitrogens with one attached hydrogen (secondary N) is 1. The van der Waals surface area contributed by atoms with Crippen molar-refractivity contribution in [3.05, 3.63) is 101 Å². The summed E-state index contributed by atoms with van der Waals surface area (Å²) in [7, 11) is 0. The molecule has 30 heavy (non-hydrogen) atoms. The van der Waals surface area contributed by atoms with Crippen molar-refractivity contribution in [2.45, 2.75) is 25.5 Å². The van der Waals surface area contributed by atoms with E-state index < -0.39 is 23.7 Å². The number of carbonyl (C=O) groups is 2. The van der Waals surface area contributed by atoms with Gasteiger partial charge in [-0.1, -0.05) is 54.6 Å². The van der Waals surface area contributed by atoms with Crippen LogP contribution in [0, 0.1) is 5.82 Å². The van der Waals surface area contributed by atoms with Crippen LogP contribution in [-0.2, 0) is 29.0 Å². The summed E-state index contributed by atoms with van der Waals surface area (Å²) in [6, 6.07) is 21.4. The molecule has 1 atom stereocenters. The van der Waals surface area contributed by atoms with Gasteiger partial charge in [-0.3, -0.25) is 4.79 Å². The Labute approximate surface area is 174 Å². The molecule has 3 rings (SSSR count). The van der Waals surface area contributed by atoms with Crippen molar-refractivity contribution in [1.82, 2.24) is 5.32 Å². The average Bonchev–Trinajstić information content (AvgIpc) is 2.73. The van der Waals surface area contributed by atoms with Crippen LogP contribution in [0.3, 0.4) is 0 Å². The number of hydrogen-bond acceptors (Lipinski definition) is 3. The fraction of sp³-hybridized carbons (Fsp3) is 0.167. The van der Waals surface area contributed by atoms with Gasteiger partial charge in [0.2, 0.25) is 5.91 Å². The molecule has 2 N–H and O–H groups in total. The number of carboxylic acids is 1. The molecule has 0 heterocycles. The number of aliphatic carboxylic acids is 1. The Morgan fingerprint density at radius 2 is 1.60 bits per heavy atom. The summed E-state index contributed by atoms with van der Waals surface area (Å²) >= 11 is 0. The van der Waals surface area contributed by atoms with Crippen LogP contribution in [-0.4, -0.2) is 23.0 Å². The van der Waals surface area contributed by atoms with Crippen molar-refractivity contribution in [1.29, 1.82) is 0 Å². The van der Waals surface area contributed by atoms with Crippen LogP contribution >= 0.6 is 0 Å². The largest absolute Gasteiger partial charge is 0.489 e. The minimum atomic E-state index is -1.14. The number of rotatable bonds is 9. The molecule has 0 aromatic heterocycles. The minimum Gasteiger partial charge on any atom is -0.489 e. The Bertz CT molecular complexity index is 1010. The summed E-state index contributed by atoms with van der Waals surface area (Å²) in [4.78, 5) is 23.9. The highest BCUT2D eigenvalue weighted by atomic mass is 19.1. The predicted octanol–water partition coefficient (Wildman–Crippen LogP) is 3.76. The van der Waals surface area contributed by atoms with E-state index in [9.17, 15) is 19.1 Å². The highest BCUT2D eigenvalue weighted by Gasteiger charge is 2.21. The van der Waals surface area contributed by atoms with Crippen LogP contribution in [0.25, 0.3) is 0 Å². The van der Waals surface area contributed by atoms with E-state index in [1.54, 1.807) is 30.3 Å². The molecule has 0 aliphatic carbocycles. The summed E-state index contributed by atoms with van der Waals surface area (Å²) < 4.78 is 19.0. The number of carbonyl (C=O) groups excluding carboxylic acids is 1. The van der Waals surface area contributed by atoms with E-state index >= 15 is 0 Å². The molecule has 3 aromatic rings. The highest BCUT2D eigenvalue weighted by Crippen LogP contribution is 2.17. The number of amides is 1. The maximum Gasteiger partial charge on any atom is 0.326 e. The second-order valence-corrected chi connectivity index (χ2v) is 6.89. The van der Waals surface area contributed by atoms with Crippen molar-refractivity contribution in [2.24, 2.45) is 0 Å². The summed E-state index contributed by atoms with van der Waals surface area (Å²) in [6.45, 7) is 0.400. The zero-order valence-corrected chi connectivity index (χ0v) is 16.3. The third-order valence-corrected chi connectivity index (χ3v) is 4.47. The monoisotopic (exact) mass is 407 g/mol. The Hall–Kier alpha value is -3.67. The quantitative estimate of drug-likeness (QED) is 0.566. The van der Waals surface area contributed by atoms with E-state index in [2.05, 4.69) is 5.32 Å². The molecule has 0 unspecified atom stereocenters. The van der Waals surface area contributed by atoms with Gasteiger partial charge in [0.15, 0.2) is 0 Å². The lowest BCUT2D eigenvalue weighted by Crippen LogP contribution is -2.43. The number of hydrogen-bond donors (Lipinski definition) is 2. The lowest BCUT2D eigenvalue weighted by Gasteiger charge is -2.15. The van der Waals surface area contributed by atoms with Gasteiger partial charge in [-0.2, -0.15) is 0 Å². The maximum absolute atomic E-state index is 13.3. The lowest BCUT2D eigenvalue weighted by atomic mass is 10.0. The maximum atomic E-state index is 13.3. The number of carboxylic acid groups (broad SMARTS) is 1. The predicted molar refractivity (Wildman–Crippen MR) is 111 cm³/mol. The van der Waals surface area contributed by atoms with E-state index in [0.29, 0.717) is 17.9 Å². The first-order valence-corrected chi connectivity index (χ1v) is 9.52. The van der Waals surface area contributed by atoms with Crippen molar-refractivity contribution < 1.29 is 23.8 Å². The zero-order chi connectivity index (χ0) is 21.3. The first kappa shape index (κ1) is 21.0. The third-order valence-electron chi connectivity index (χ3n) is 4.47. The van der Waals surface area contributed by atoms with Crippen LogP contribution in [0.1, 0.15) is 16.7 Å². The van der Waals surface area contributed by atoms with Crippen molar-refractivity contribution >= 4 is 11.9 Å². The van der Waals surface area contributed by atoms with Crippen LogP contribution in [0.5, 0.6) is 5.75 Å². The molecule has 0 spiro atoms. The molecule has 6 heteroatoms. The SMILES string of the molecule is O=C(Cc1cccc(F)c1)N[C@@H](Cc1cccc(OCc2ccccc2)c1)C(=O)O. The fourth-order valence-corrected chi connectivity index (χ4v) is 3.02. The topological polar surface area (TPSA) is 75.6 Å². The van der Waals surface area contributed by atoms with Gasteiger partial charge in [0, 0.05) is 6.42 Å². The van der Waals surface area contributed by atoms with Crippen molar-refractivity contribution in [3.63, 3.8) is 0 Å². The van der Waals surface area contributed by atoms with Gasteiger partial charge < -0.3 is 15.2 Å². The first-order valence-electron chi connectivity index (χ1n) is 9.52. The van der Waals surface area contributed by atoms with E-state index in [-0.39, 0.29) is 12.8 Å². The Balaban J connectivity index is 1.60. The minimum absolute atomic E-state index is 0.0955. The number of benzene rings is 3. The van der Waals surface area contributed by atoms with Gasteiger partial charge in [0.1, 0.15) is 24.2 Å². The van der Waals surface area contributed by atoms with Crippen molar-refractivity contribution in [3.8, 4) is 5.75 Å². The van der Waals surface area contributed by atoms with E-state index in [0.717, 1.165) is 11.1 Å². The second kappa shape index (κ2) is 10.2. The zero-order valence-electron chi connectivity index (χ0n) is 16.3. The normalized spacial score (nSPS) is 11.5. The standard InChI is InChI=1S/C24H22FNO4/c25-20-10-4-8-18(12-20)15-23(27)26-22(24(28)29)14-19-9-5-11-21(13-19)30-16-17-6-2-1-3-7-17/h1-13,22H,14-16H2,(H,26,27)(H,28,29)/t22-/m0/s1. The molecule has 3 aromatic carbocycles. The third kappa shape index (κ3) is 6.44. The molecule has 0 radical (unpaired) electrons. The second-order valence-electron chi connectivity index (χ2n) is 6.89. The molecule has 0 aliphatic rings. The lowest BCUT2D eigenvalue weighted by molar-refractivity contribution is -0.141. The molecule has 0 bridgehead atoms. The van der Waals surface area contributed by atoms with Gasteiger partial charge >= 0.3 is 5.97 Å². The molecular weight excluding hydrogens is 385 g/mol. The Morgan fingerprint density at radius 3 is 2.33 bits per heavy atom. The Morgan fingerprint density at radius 1 is 0.900 bits per heavy atom. The number of halogens is 1. The summed E-state index contributed by atoms with van der Waals surface area (Å²) in [6.07, 6.45) is 0.00846. The van der Waals surface area contributed by atoms with Crippen LogP contribution in [0.15, 0.2) is 78.9 Å². The van der Waals surface area contributed by atoms with Crippen LogP contribution in [0.2, 0.25) is 0 Å². The van der Waals surface area contributed by atoms with Gasteiger partial charge in [-0.25, -0.2) is 9.18 Å². The molecule has 0 fully saturated rings. The molecule has 0 saturated heterocycles. The number of ether oxygens (including phenoxy) is 1. The van der Waals surface area contributed by atoms with Crippen molar-refractivity contribution in [2.75, 3.05) is 0 Å². The van der Waals surface area contributed by atoms with Gasteiger partial charge in [0.05, 0.1) is 6.42 Å². The van der Waals surface area contributed by atoms with Gasteiger partial charge in [-0.15, -0.1) is 0 Å². The molecule has 154 valence electrons. The van der Waals surface area contributed by atoms with Gasteiger partial charge in [-0.05, 0) is 41.0 Å². The van der Waals surface area contributed by atoms with E-state index in [1.807, 2.05) is 30.3 Å². The molecule has 5 nitrogen and oxygen atoms in total. The van der Waals surface area contributed by atoms with Crippen LogP contribution in [0.4, 0.5) is 4.39 Å². The summed E-state index contributed by atoms with van der Waals surface area (Å²) in [5.41, 5.74) is 2.22. The molecule has 0 saturated carbocycles. The van der Waals surface area contributed by atoms with Crippen LogP contribution < -0.4 is 10.1 Å². The van der Waals surface area contributed by atoms with Gasteiger partial charge in [0.25, 0.3) is 0 Å². The van der Waals surface area contributed by atoms with E-state index in [1.165, 1.54) is 18.2 Å². The molecule has 0 aliphatic heterocycles. The Kier molecular flexibility index (Phi) is 7.16. The summed E-state index contributed by atoms with van der Waals surface area (Å²) in [5.74, 6) is -1.45. The fourth-order valence-electron chi connectivity index (χ4n) is 3.02. The molecule has 1 amide bonds. The smallest absolute Gasteiger partial charge is 0.326 e. The average molecular weight is 407 g/mol.